The van der Waals surface area contributed by atoms with Gasteiger partial charge in [-0.25, -0.2) is 5.84 Å². The monoisotopic (exact) mass is 241 g/mol. The third kappa shape index (κ3) is 3.14. The Morgan fingerprint density at radius 3 is 2.88 bits per heavy atom. The van der Waals surface area contributed by atoms with E-state index in [2.05, 4.69) is 20.4 Å². The molecule has 0 aromatic carbocycles. The van der Waals surface area contributed by atoms with Gasteiger partial charge in [-0.3, -0.25) is 5.43 Å². The van der Waals surface area contributed by atoms with E-state index in [9.17, 15) is 0 Å². The molecule has 94 valence electrons. The fourth-order valence-corrected chi connectivity index (χ4v) is 1.40. The Morgan fingerprint density at radius 1 is 1.41 bits per heavy atom. The molecule has 1 aliphatic rings. The molecule has 8 nitrogen and oxygen atoms in total. The molecule has 0 spiro atoms. The lowest BCUT2D eigenvalue weighted by Gasteiger charge is -2.11. The van der Waals surface area contributed by atoms with Crippen LogP contribution in [0.25, 0.3) is 0 Å². The van der Waals surface area contributed by atoms with Crippen LogP contribution in [0.15, 0.2) is 0 Å². The predicted octanol–water partition coefficient (Wildman–Crippen LogP) is -0.276. The topological polar surface area (TPSA) is 104 Å². The first-order valence-electron chi connectivity index (χ1n) is 5.41. The summed E-state index contributed by atoms with van der Waals surface area (Å²) in [4.78, 5) is 11.9. The number of nitrogens with two attached hydrogens (primary N) is 1. The van der Waals surface area contributed by atoms with Crippen LogP contribution in [-0.2, 0) is 4.74 Å². The number of rotatable bonds is 5. The minimum absolute atomic E-state index is 0.0301. The summed E-state index contributed by atoms with van der Waals surface area (Å²) in [6, 6.07) is 0.372. The highest BCUT2D eigenvalue weighted by Crippen LogP contribution is 2.16. The van der Waals surface area contributed by atoms with Crippen LogP contribution in [0.4, 0.5) is 5.95 Å². The van der Waals surface area contributed by atoms with E-state index in [-0.39, 0.29) is 24.1 Å². The second kappa shape index (κ2) is 5.60. The molecule has 1 atom stereocenters. The molecular weight excluding hydrogens is 226 g/mol. The zero-order valence-electron chi connectivity index (χ0n) is 9.55. The average Bonchev–Trinajstić information content (AvgIpc) is 2.82. The minimum atomic E-state index is -0.0301. The zero-order valence-corrected chi connectivity index (χ0v) is 9.55. The molecular formula is C9H15N5O3. The van der Waals surface area contributed by atoms with Gasteiger partial charge < -0.3 is 14.2 Å². The van der Waals surface area contributed by atoms with Gasteiger partial charge in [0, 0.05) is 6.42 Å². The normalized spacial score (nSPS) is 19.1. The van der Waals surface area contributed by atoms with Gasteiger partial charge in [0.2, 0.25) is 5.95 Å². The number of nitrogen functional groups attached to an aromatic ring is 1. The molecule has 0 amide bonds. The number of nitrogens with one attached hydrogen (secondary N) is 1. The van der Waals surface area contributed by atoms with Crippen LogP contribution >= 0.6 is 0 Å². The first kappa shape index (κ1) is 11.8. The number of aromatic nitrogens is 3. The third-order valence-corrected chi connectivity index (χ3v) is 2.16. The van der Waals surface area contributed by atoms with Gasteiger partial charge in [0.1, 0.15) is 6.10 Å². The average molecular weight is 241 g/mol. The highest BCUT2D eigenvalue weighted by Gasteiger charge is 2.19. The van der Waals surface area contributed by atoms with E-state index in [1.54, 1.807) is 0 Å². The van der Waals surface area contributed by atoms with Crippen LogP contribution in [0.1, 0.15) is 13.3 Å². The smallest absolute Gasteiger partial charge is 0.324 e. The van der Waals surface area contributed by atoms with Gasteiger partial charge in [-0.1, -0.05) is 0 Å². The zero-order chi connectivity index (χ0) is 12.1. The SMILES string of the molecule is CCOc1nc(NN)nc(OC2CCOC2)n1. The Balaban J connectivity index is 2.10. The Kier molecular flexibility index (Phi) is 3.89. The maximum Gasteiger partial charge on any atom is 0.324 e. The van der Waals surface area contributed by atoms with Crippen LogP contribution in [0.2, 0.25) is 0 Å². The molecule has 1 aromatic heterocycles. The predicted molar refractivity (Wildman–Crippen MR) is 58.7 cm³/mol. The third-order valence-electron chi connectivity index (χ3n) is 2.16. The standard InChI is InChI=1S/C9H15N5O3/c1-2-16-8-11-7(14-10)12-9(13-8)17-6-3-4-15-5-6/h6H,2-5,10H2,1H3,(H,11,12,13,14). The summed E-state index contributed by atoms with van der Waals surface area (Å²) in [5.41, 5.74) is 2.34. The van der Waals surface area contributed by atoms with E-state index in [0.29, 0.717) is 19.8 Å². The largest absolute Gasteiger partial charge is 0.464 e. The van der Waals surface area contributed by atoms with E-state index in [4.69, 9.17) is 20.1 Å². The van der Waals surface area contributed by atoms with Crippen molar-refractivity contribution in [1.82, 2.24) is 15.0 Å². The lowest BCUT2D eigenvalue weighted by atomic mass is 10.3. The van der Waals surface area contributed by atoms with Crippen molar-refractivity contribution in [3.63, 3.8) is 0 Å². The quantitative estimate of drug-likeness (QED) is 0.536. The van der Waals surface area contributed by atoms with E-state index in [1.807, 2.05) is 6.92 Å². The molecule has 1 unspecified atom stereocenters. The Morgan fingerprint density at radius 2 is 2.24 bits per heavy atom. The molecule has 0 radical (unpaired) electrons. The van der Waals surface area contributed by atoms with Gasteiger partial charge in [-0.05, 0) is 6.92 Å². The summed E-state index contributed by atoms with van der Waals surface area (Å²) in [5.74, 6) is 5.46. The molecule has 17 heavy (non-hydrogen) atoms. The number of hydrazine groups is 1. The van der Waals surface area contributed by atoms with Crippen molar-refractivity contribution in [3.8, 4) is 12.0 Å². The van der Waals surface area contributed by atoms with Gasteiger partial charge in [0.15, 0.2) is 0 Å². The summed E-state index contributed by atoms with van der Waals surface area (Å²) < 4.78 is 15.9. The van der Waals surface area contributed by atoms with Crippen molar-refractivity contribution in [2.75, 3.05) is 25.2 Å². The van der Waals surface area contributed by atoms with E-state index in [0.717, 1.165) is 6.42 Å². The van der Waals surface area contributed by atoms with Crippen LogP contribution in [0, 0.1) is 0 Å². The number of hydrogen-bond donors (Lipinski definition) is 2. The second-order valence-corrected chi connectivity index (χ2v) is 3.40. The summed E-state index contributed by atoms with van der Waals surface area (Å²) >= 11 is 0. The Hall–Kier alpha value is -1.67. The van der Waals surface area contributed by atoms with Gasteiger partial charge >= 0.3 is 12.0 Å². The summed E-state index contributed by atoms with van der Waals surface area (Å²) in [5, 5.41) is 0. The second-order valence-electron chi connectivity index (χ2n) is 3.40. The number of anilines is 1. The molecule has 2 heterocycles. The van der Waals surface area contributed by atoms with Gasteiger partial charge in [-0.2, -0.15) is 9.97 Å². The number of nitrogens with zero attached hydrogens (tertiary/aromatic N) is 3. The maximum atomic E-state index is 5.54. The van der Waals surface area contributed by atoms with Crippen molar-refractivity contribution in [2.24, 2.45) is 5.84 Å². The van der Waals surface area contributed by atoms with Crippen molar-refractivity contribution in [3.05, 3.63) is 0 Å². The van der Waals surface area contributed by atoms with Crippen molar-refractivity contribution >= 4 is 5.95 Å². The minimum Gasteiger partial charge on any atom is -0.464 e. The van der Waals surface area contributed by atoms with Crippen molar-refractivity contribution < 1.29 is 14.2 Å². The van der Waals surface area contributed by atoms with Crippen LogP contribution in [-0.4, -0.2) is 40.9 Å². The molecule has 2 rings (SSSR count). The van der Waals surface area contributed by atoms with Crippen molar-refractivity contribution in [2.45, 2.75) is 19.4 Å². The maximum absolute atomic E-state index is 5.54. The van der Waals surface area contributed by atoms with Crippen molar-refractivity contribution in [1.29, 1.82) is 0 Å². The molecule has 0 saturated carbocycles. The fourth-order valence-electron chi connectivity index (χ4n) is 1.40. The molecule has 1 saturated heterocycles. The molecule has 0 aliphatic carbocycles. The first-order chi connectivity index (χ1) is 8.31. The summed E-state index contributed by atoms with van der Waals surface area (Å²) in [6.07, 6.45) is 0.790. The highest BCUT2D eigenvalue weighted by molar-refractivity contribution is 5.25. The molecule has 1 fully saturated rings. The molecule has 1 aliphatic heterocycles. The Bertz CT molecular complexity index is 370. The van der Waals surface area contributed by atoms with Crippen LogP contribution in [0.5, 0.6) is 12.0 Å². The fraction of sp³-hybridized carbons (Fsp3) is 0.667. The van der Waals surface area contributed by atoms with E-state index in [1.165, 1.54) is 0 Å². The van der Waals surface area contributed by atoms with E-state index >= 15 is 0 Å². The highest BCUT2D eigenvalue weighted by atomic mass is 16.6. The number of ether oxygens (including phenoxy) is 3. The Labute approximate surface area is 98.5 Å². The van der Waals surface area contributed by atoms with Gasteiger partial charge in [-0.15, -0.1) is 4.98 Å². The lowest BCUT2D eigenvalue weighted by molar-refractivity contribution is 0.133. The van der Waals surface area contributed by atoms with Crippen LogP contribution < -0.4 is 20.7 Å². The molecule has 3 N–H and O–H groups in total. The first-order valence-corrected chi connectivity index (χ1v) is 5.41. The lowest BCUT2D eigenvalue weighted by Crippen LogP contribution is -2.19. The molecule has 1 aromatic rings. The summed E-state index contributed by atoms with van der Waals surface area (Å²) in [6.45, 7) is 3.53. The van der Waals surface area contributed by atoms with Gasteiger partial charge in [0.05, 0.1) is 19.8 Å². The van der Waals surface area contributed by atoms with E-state index < -0.39 is 0 Å². The molecule has 0 bridgehead atoms. The van der Waals surface area contributed by atoms with Crippen LogP contribution in [0.3, 0.4) is 0 Å². The number of hydrogen-bond acceptors (Lipinski definition) is 8. The van der Waals surface area contributed by atoms with Gasteiger partial charge in [0.25, 0.3) is 0 Å². The molecule has 8 heteroatoms. The summed E-state index contributed by atoms with van der Waals surface area (Å²) in [7, 11) is 0.